The molecular weight excluding hydrogens is 198 g/mol. The van der Waals surface area contributed by atoms with Crippen molar-refractivity contribution in [2.24, 2.45) is 5.92 Å². The first-order valence-corrected chi connectivity index (χ1v) is 6.07. The number of nitrogens with zero attached hydrogens (tertiary/aromatic N) is 1. The Bertz CT molecular complexity index is 332. The van der Waals surface area contributed by atoms with Gasteiger partial charge in [-0.25, -0.2) is 4.98 Å². The molecule has 3 nitrogen and oxygen atoms in total. The third kappa shape index (κ3) is 3.12. The van der Waals surface area contributed by atoms with Crippen LogP contribution in [0.3, 0.4) is 0 Å². The summed E-state index contributed by atoms with van der Waals surface area (Å²) in [5, 5.41) is 3.47. The molecular formula is C13H23N3. The maximum absolute atomic E-state index is 5.68. The first-order valence-electron chi connectivity index (χ1n) is 6.07. The maximum Gasteiger partial charge on any atom is 0.129 e. The Morgan fingerprint density at radius 2 is 2.00 bits per heavy atom. The number of nitrogen functional groups attached to an aromatic ring is 1. The Balaban J connectivity index is 2.72. The van der Waals surface area contributed by atoms with E-state index in [0.29, 0.717) is 12.0 Å². The van der Waals surface area contributed by atoms with Crippen molar-refractivity contribution in [1.29, 1.82) is 0 Å². The summed E-state index contributed by atoms with van der Waals surface area (Å²) in [6.45, 7) is 8.71. The standard InChI is InChI=1S/C13H23N3/c1-5-11(6-2)10(4)16-13-9(3)7-12(14)8-15-13/h7-8,10-11H,5-6,14H2,1-4H3,(H,15,16). The van der Waals surface area contributed by atoms with Crippen LogP contribution in [-0.4, -0.2) is 11.0 Å². The Morgan fingerprint density at radius 1 is 1.38 bits per heavy atom. The van der Waals surface area contributed by atoms with Crippen molar-refractivity contribution in [3.63, 3.8) is 0 Å². The fraction of sp³-hybridized carbons (Fsp3) is 0.615. The highest BCUT2D eigenvalue weighted by Gasteiger charge is 2.14. The minimum absolute atomic E-state index is 0.449. The summed E-state index contributed by atoms with van der Waals surface area (Å²) in [5.41, 5.74) is 7.51. The summed E-state index contributed by atoms with van der Waals surface area (Å²) in [4.78, 5) is 4.33. The number of pyridine rings is 1. The van der Waals surface area contributed by atoms with Crippen molar-refractivity contribution in [2.75, 3.05) is 11.1 Å². The molecule has 90 valence electrons. The molecule has 0 radical (unpaired) electrons. The molecule has 3 N–H and O–H groups in total. The second kappa shape index (κ2) is 5.73. The van der Waals surface area contributed by atoms with Crippen LogP contribution in [0.2, 0.25) is 0 Å². The Morgan fingerprint density at radius 3 is 2.50 bits per heavy atom. The van der Waals surface area contributed by atoms with Gasteiger partial charge in [-0.1, -0.05) is 26.7 Å². The van der Waals surface area contributed by atoms with Gasteiger partial charge in [0.2, 0.25) is 0 Å². The Labute approximate surface area is 98.5 Å². The molecule has 1 atom stereocenters. The number of aryl methyl sites for hydroxylation is 1. The smallest absolute Gasteiger partial charge is 0.129 e. The van der Waals surface area contributed by atoms with Crippen LogP contribution >= 0.6 is 0 Å². The Hall–Kier alpha value is -1.25. The number of hydrogen-bond acceptors (Lipinski definition) is 3. The largest absolute Gasteiger partial charge is 0.397 e. The summed E-state index contributed by atoms with van der Waals surface area (Å²) < 4.78 is 0. The van der Waals surface area contributed by atoms with Gasteiger partial charge >= 0.3 is 0 Å². The summed E-state index contributed by atoms with van der Waals surface area (Å²) >= 11 is 0. The van der Waals surface area contributed by atoms with Crippen molar-refractivity contribution in [3.8, 4) is 0 Å². The normalized spacial score (nSPS) is 12.8. The fourth-order valence-corrected chi connectivity index (χ4v) is 2.08. The van der Waals surface area contributed by atoms with Crippen LogP contribution in [0, 0.1) is 12.8 Å². The van der Waals surface area contributed by atoms with Gasteiger partial charge in [0, 0.05) is 6.04 Å². The zero-order valence-corrected chi connectivity index (χ0v) is 10.7. The molecule has 0 aromatic carbocycles. The van der Waals surface area contributed by atoms with Crippen LogP contribution in [0.25, 0.3) is 0 Å². The van der Waals surface area contributed by atoms with Crippen LogP contribution in [-0.2, 0) is 0 Å². The summed E-state index contributed by atoms with van der Waals surface area (Å²) in [5.74, 6) is 1.65. The highest BCUT2D eigenvalue weighted by Crippen LogP contribution is 2.20. The van der Waals surface area contributed by atoms with Gasteiger partial charge in [-0.15, -0.1) is 0 Å². The lowest BCUT2D eigenvalue weighted by atomic mass is 9.95. The molecule has 0 saturated carbocycles. The molecule has 0 aliphatic rings. The van der Waals surface area contributed by atoms with E-state index in [4.69, 9.17) is 5.73 Å². The van der Waals surface area contributed by atoms with Crippen LogP contribution < -0.4 is 11.1 Å². The first kappa shape index (κ1) is 12.8. The number of hydrogen-bond donors (Lipinski definition) is 2. The van der Waals surface area contributed by atoms with E-state index in [0.717, 1.165) is 17.1 Å². The molecule has 0 aliphatic carbocycles. The van der Waals surface area contributed by atoms with E-state index in [2.05, 4.69) is 31.1 Å². The Kier molecular flexibility index (Phi) is 4.59. The molecule has 0 fully saturated rings. The van der Waals surface area contributed by atoms with Crippen molar-refractivity contribution in [1.82, 2.24) is 4.98 Å². The number of aromatic nitrogens is 1. The van der Waals surface area contributed by atoms with Crippen molar-refractivity contribution in [2.45, 2.75) is 46.6 Å². The second-order valence-corrected chi connectivity index (χ2v) is 4.44. The summed E-state index contributed by atoms with van der Waals surface area (Å²) in [6, 6.07) is 2.40. The van der Waals surface area contributed by atoms with Gasteiger partial charge in [0.25, 0.3) is 0 Å². The molecule has 16 heavy (non-hydrogen) atoms. The van der Waals surface area contributed by atoms with Crippen molar-refractivity contribution >= 4 is 11.5 Å². The lowest BCUT2D eigenvalue weighted by molar-refractivity contribution is 0.437. The summed E-state index contributed by atoms with van der Waals surface area (Å²) in [7, 11) is 0. The lowest BCUT2D eigenvalue weighted by Crippen LogP contribution is -2.25. The number of nitrogens with one attached hydrogen (secondary N) is 1. The average Bonchev–Trinajstić information content (AvgIpc) is 2.24. The van der Waals surface area contributed by atoms with Gasteiger partial charge in [0.05, 0.1) is 11.9 Å². The van der Waals surface area contributed by atoms with Crippen molar-refractivity contribution < 1.29 is 0 Å². The van der Waals surface area contributed by atoms with Crippen LogP contribution in [0.15, 0.2) is 12.3 Å². The minimum atomic E-state index is 0.449. The van der Waals surface area contributed by atoms with Gasteiger partial charge in [-0.05, 0) is 31.4 Å². The average molecular weight is 221 g/mol. The monoisotopic (exact) mass is 221 g/mol. The minimum Gasteiger partial charge on any atom is -0.397 e. The number of anilines is 2. The van der Waals surface area contributed by atoms with E-state index in [1.807, 2.05) is 13.0 Å². The van der Waals surface area contributed by atoms with Gasteiger partial charge in [-0.3, -0.25) is 0 Å². The van der Waals surface area contributed by atoms with E-state index in [1.54, 1.807) is 6.20 Å². The molecule has 1 aromatic heterocycles. The molecule has 0 saturated heterocycles. The van der Waals surface area contributed by atoms with E-state index >= 15 is 0 Å². The highest BCUT2D eigenvalue weighted by atomic mass is 15.0. The van der Waals surface area contributed by atoms with Crippen LogP contribution in [0.4, 0.5) is 11.5 Å². The SMILES string of the molecule is CCC(CC)C(C)Nc1ncc(N)cc1C. The van der Waals surface area contributed by atoms with Gasteiger partial charge in [-0.2, -0.15) is 0 Å². The van der Waals surface area contributed by atoms with Gasteiger partial charge in [0.1, 0.15) is 5.82 Å². The van der Waals surface area contributed by atoms with Crippen LogP contribution in [0.1, 0.15) is 39.2 Å². The third-order valence-electron chi connectivity index (χ3n) is 3.22. The number of nitrogens with two attached hydrogens (primary N) is 1. The van der Waals surface area contributed by atoms with E-state index in [9.17, 15) is 0 Å². The molecule has 3 heteroatoms. The first-order chi connectivity index (χ1) is 7.58. The quantitative estimate of drug-likeness (QED) is 0.802. The zero-order valence-electron chi connectivity index (χ0n) is 10.7. The molecule has 0 bridgehead atoms. The van der Waals surface area contributed by atoms with Gasteiger partial charge < -0.3 is 11.1 Å². The number of rotatable bonds is 5. The van der Waals surface area contributed by atoms with Crippen molar-refractivity contribution in [3.05, 3.63) is 17.8 Å². The molecule has 0 amide bonds. The highest BCUT2D eigenvalue weighted by molar-refractivity contribution is 5.51. The molecule has 1 heterocycles. The topological polar surface area (TPSA) is 50.9 Å². The molecule has 1 unspecified atom stereocenters. The molecule has 0 spiro atoms. The second-order valence-electron chi connectivity index (χ2n) is 4.44. The zero-order chi connectivity index (χ0) is 12.1. The predicted octanol–water partition coefficient (Wildman–Crippen LogP) is 3.21. The maximum atomic E-state index is 5.68. The van der Waals surface area contributed by atoms with E-state index in [1.165, 1.54) is 12.8 Å². The lowest BCUT2D eigenvalue weighted by Gasteiger charge is -2.23. The molecule has 0 aliphatic heterocycles. The fourth-order valence-electron chi connectivity index (χ4n) is 2.08. The molecule has 1 rings (SSSR count). The summed E-state index contributed by atoms with van der Waals surface area (Å²) in [6.07, 6.45) is 4.09. The van der Waals surface area contributed by atoms with Gasteiger partial charge in [0.15, 0.2) is 0 Å². The third-order valence-corrected chi connectivity index (χ3v) is 3.22. The van der Waals surface area contributed by atoms with Crippen LogP contribution in [0.5, 0.6) is 0 Å². The predicted molar refractivity (Wildman–Crippen MR) is 70.5 cm³/mol. The molecule has 1 aromatic rings. The van der Waals surface area contributed by atoms with E-state index < -0.39 is 0 Å². The van der Waals surface area contributed by atoms with E-state index in [-0.39, 0.29) is 0 Å².